The molecule has 1 fully saturated rings. The first-order chi connectivity index (χ1) is 18.2. The van der Waals surface area contributed by atoms with Gasteiger partial charge in [-0.3, -0.25) is 14.5 Å². The number of likely N-dealkylation sites (N-methyl/N-ethyl adjacent to an activating group) is 1. The third-order valence-electron chi connectivity index (χ3n) is 5.86. The molecule has 4 rings (SSSR count). The molecule has 8 heteroatoms. The zero-order valence-corrected chi connectivity index (χ0v) is 22.3. The van der Waals surface area contributed by atoms with E-state index >= 15 is 0 Å². The van der Waals surface area contributed by atoms with Crippen LogP contribution in [0.3, 0.4) is 0 Å². The fourth-order valence-electron chi connectivity index (χ4n) is 3.90. The van der Waals surface area contributed by atoms with E-state index in [0.29, 0.717) is 28.3 Å². The van der Waals surface area contributed by atoms with Crippen LogP contribution in [0, 0.1) is 11.7 Å². The fourth-order valence-corrected chi connectivity index (χ4v) is 4.88. The number of amidine groups is 1. The van der Waals surface area contributed by atoms with Crippen molar-refractivity contribution in [2.24, 2.45) is 10.9 Å². The van der Waals surface area contributed by atoms with E-state index in [9.17, 15) is 14.0 Å². The van der Waals surface area contributed by atoms with Crippen molar-refractivity contribution >= 4 is 40.6 Å². The van der Waals surface area contributed by atoms with Crippen molar-refractivity contribution in [2.75, 3.05) is 7.05 Å². The molecule has 0 aliphatic carbocycles. The molecule has 0 spiro atoms. The van der Waals surface area contributed by atoms with E-state index < -0.39 is 18.2 Å². The lowest BCUT2D eigenvalue weighted by molar-refractivity contribution is -0.136. The summed E-state index contributed by atoms with van der Waals surface area (Å²) in [6.45, 7) is 4.88. The van der Waals surface area contributed by atoms with Crippen LogP contribution in [0.4, 0.5) is 10.1 Å². The van der Waals surface area contributed by atoms with E-state index in [-0.39, 0.29) is 11.5 Å². The van der Waals surface area contributed by atoms with Crippen molar-refractivity contribution in [3.05, 3.63) is 99.7 Å². The number of carboxylic acid groups (broad SMARTS) is 1. The fraction of sp³-hybridized carbons (Fsp3) is 0.233. The van der Waals surface area contributed by atoms with E-state index in [0.717, 1.165) is 23.3 Å². The van der Waals surface area contributed by atoms with Gasteiger partial charge in [-0.05, 0) is 76.7 Å². The molecule has 1 aliphatic rings. The van der Waals surface area contributed by atoms with Gasteiger partial charge in [-0.2, -0.15) is 0 Å². The van der Waals surface area contributed by atoms with Crippen molar-refractivity contribution in [2.45, 2.75) is 33.3 Å². The summed E-state index contributed by atoms with van der Waals surface area (Å²) in [5.74, 6) is -0.612. The zero-order chi connectivity index (χ0) is 27.2. The smallest absolute Gasteiger partial charge is 0.307 e. The summed E-state index contributed by atoms with van der Waals surface area (Å²) in [5.41, 5.74) is 3.64. The van der Waals surface area contributed by atoms with Crippen molar-refractivity contribution < 1.29 is 23.8 Å². The van der Waals surface area contributed by atoms with Crippen molar-refractivity contribution in [3.63, 3.8) is 0 Å². The average molecular weight is 533 g/mol. The number of rotatable bonds is 9. The van der Waals surface area contributed by atoms with Crippen molar-refractivity contribution in [1.82, 2.24) is 4.90 Å². The van der Waals surface area contributed by atoms with Gasteiger partial charge < -0.3 is 9.84 Å². The number of amides is 1. The molecule has 0 radical (unpaired) electrons. The van der Waals surface area contributed by atoms with E-state index in [4.69, 9.17) is 9.84 Å². The predicted molar refractivity (Wildman–Crippen MR) is 149 cm³/mol. The monoisotopic (exact) mass is 532 g/mol. The van der Waals surface area contributed by atoms with Crippen LogP contribution < -0.4 is 4.74 Å². The summed E-state index contributed by atoms with van der Waals surface area (Å²) in [7, 11) is 1.61. The normalized spacial score (nSPS) is 15.6. The number of ether oxygens (including phenoxy) is 1. The van der Waals surface area contributed by atoms with Gasteiger partial charge in [0.25, 0.3) is 5.91 Å². The number of thioether (sulfide) groups is 1. The molecule has 1 amide bonds. The van der Waals surface area contributed by atoms with Crippen LogP contribution in [-0.2, 0) is 29.0 Å². The quantitative estimate of drug-likeness (QED) is 0.320. The molecule has 0 saturated carbocycles. The Labute approximate surface area is 225 Å². The molecule has 3 aromatic carbocycles. The van der Waals surface area contributed by atoms with Gasteiger partial charge in [-0.1, -0.05) is 56.3 Å². The number of hydrogen-bond donors (Lipinski definition) is 1. The highest BCUT2D eigenvalue weighted by atomic mass is 32.2. The third kappa shape index (κ3) is 7.10. The van der Waals surface area contributed by atoms with Crippen LogP contribution in [0.15, 0.2) is 76.6 Å². The Morgan fingerprint density at radius 1 is 1.08 bits per heavy atom. The van der Waals surface area contributed by atoms with E-state index in [1.807, 2.05) is 24.3 Å². The first-order valence-electron chi connectivity index (χ1n) is 12.2. The molecular formula is C30H29FN2O4S. The summed E-state index contributed by atoms with van der Waals surface area (Å²) < 4.78 is 20.1. The molecule has 6 nitrogen and oxygen atoms in total. The Balaban J connectivity index is 1.39. The minimum Gasteiger partial charge on any atom is -0.489 e. The topological polar surface area (TPSA) is 79.2 Å². The van der Waals surface area contributed by atoms with E-state index in [1.165, 1.54) is 40.4 Å². The molecule has 0 atom stereocenters. The molecule has 1 heterocycles. The van der Waals surface area contributed by atoms with Crippen LogP contribution in [0.5, 0.6) is 5.75 Å². The largest absolute Gasteiger partial charge is 0.489 e. The van der Waals surface area contributed by atoms with E-state index in [2.05, 4.69) is 43.1 Å². The number of nitrogens with zero attached hydrogens (tertiary/aromatic N) is 2. The van der Waals surface area contributed by atoms with Gasteiger partial charge in [0.05, 0.1) is 17.0 Å². The number of halogens is 1. The van der Waals surface area contributed by atoms with Gasteiger partial charge in [-0.25, -0.2) is 9.38 Å². The number of aliphatic carboxylic acids is 1. The second-order valence-electron chi connectivity index (χ2n) is 9.49. The Morgan fingerprint density at radius 2 is 1.76 bits per heavy atom. The van der Waals surface area contributed by atoms with Gasteiger partial charge in [-0.15, -0.1) is 0 Å². The van der Waals surface area contributed by atoms with Crippen LogP contribution in [0.2, 0.25) is 0 Å². The molecule has 0 unspecified atom stereocenters. The number of aliphatic imine (C=N–C) groups is 1. The molecular weight excluding hydrogens is 503 g/mol. The summed E-state index contributed by atoms with van der Waals surface area (Å²) in [6.07, 6.45) is 2.43. The van der Waals surface area contributed by atoms with Crippen LogP contribution >= 0.6 is 11.8 Å². The highest BCUT2D eigenvalue weighted by molar-refractivity contribution is 8.18. The first kappa shape index (κ1) is 27.1. The van der Waals surface area contributed by atoms with Gasteiger partial charge in [0.1, 0.15) is 18.2 Å². The second-order valence-corrected chi connectivity index (χ2v) is 10.5. The first-order valence-corrected chi connectivity index (χ1v) is 13.1. The van der Waals surface area contributed by atoms with Crippen molar-refractivity contribution in [3.8, 4) is 5.75 Å². The lowest BCUT2D eigenvalue weighted by Crippen LogP contribution is -2.23. The van der Waals surface area contributed by atoms with Gasteiger partial charge in [0.15, 0.2) is 5.17 Å². The third-order valence-corrected chi connectivity index (χ3v) is 6.92. The van der Waals surface area contributed by atoms with Crippen molar-refractivity contribution in [1.29, 1.82) is 0 Å². The number of benzene rings is 3. The SMILES string of the molecule is CC(C)Cc1ccc(COc2ccc(/C=C3/SC(=Nc4ccc(CC(=O)O)c(F)c4)N(C)C3=O)cc2)cc1. The molecule has 1 saturated heterocycles. The number of carbonyl (C=O) groups is 2. The summed E-state index contributed by atoms with van der Waals surface area (Å²) >= 11 is 1.19. The minimum absolute atomic E-state index is 0.0810. The molecule has 196 valence electrons. The van der Waals surface area contributed by atoms with E-state index in [1.54, 1.807) is 13.1 Å². The van der Waals surface area contributed by atoms with Crippen LogP contribution in [0.1, 0.15) is 36.1 Å². The molecule has 0 bridgehead atoms. The Bertz CT molecular complexity index is 1380. The van der Waals surface area contributed by atoms with Gasteiger partial charge in [0, 0.05) is 7.05 Å². The second kappa shape index (κ2) is 12.1. The van der Waals surface area contributed by atoms with Gasteiger partial charge >= 0.3 is 5.97 Å². The maximum atomic E-state index is 14.2. The maximum absolute atomic E-state index is 14.2. The van der Waals surface area contributed by atoms with Crippen LogP contribution in [-0.4, -0.2) is 34.1 Å². The summed E-state index contributed by atoms with van der Waals surface area (Å²) in [4.78, 5) is 29.9. The van der Waals surface area contributed by atoms with Crippen LogP contribution in [0.25, 0.3) is 6.08 Å². The van der Waals surface area contributed by atoms with Gasteiger partial charge in [0.2, 0.25) is 0 Å². The standard InChI is InChI=1S/C30H29FN2O4S/c1-19(2)14-20-4-6-22(7-5-20)18-37-25-12-8-21(9-13-25)15-27-29(36)33(3)30(38-27)32-24-11-10-23(16-28(34)35)26(31)17-24/h4-13,15,17,19H,14,16,18H2,1-3H3,(H,34,35)/b27-15+,32-30?. The lowest BCUT2D eigenvalue weighted by Gasteiger charge is -2.09. The zero-order valence-electron chi connectivity index (χ0n) is 21.5. The Morgan fingerprint density at radius 3 is 2.39 bits per heavy atom. The predicted octanol–water partition coefficient (Wildman–Crippen LogP) is 6.46. The molecule has 1 aliphatic heterocycles. The minimum atomic E-state index is -1.11. The maximum Gasteiger partial charge on any atom is 0.307 e. The number of carbonyl (C=O) groups excluding carboxylic acids is 1. The highest BCUT2D eigenvalue weighted by Crippen LogP contribution is 2.33. The molecule has 0 aromatic heterocycles. The molecule has 38 heavy (non-hydrogen) atoms. The lowest BCUT2D eigenvalue weighted by atomic mass is 10.0. The number of hydrogen-bond acceptors (Lipinski definition) is 5. The number of carboxylic acids is 1. The Hall–Kier alpha value is -3.91. The molecule has 1 N–H and O–H groups in total. The molecule has 3 aromatic rings. The highest BCUT2D eigenvalue weighted by Gasteiger charge is 2.30. The Kier molecular flexibility index (Phi) is 8.63. The average Bonchev–Trinajstić information content (AvgIpc) is 3.13. The summed E-state index contributed by atoms with van der Waals surface area (Å²) in [6, 6.07) is 20.1. The summed E-state index contributed by atoms with van der Waals surface area (Å²) in [5, 5.41) is 9.28.